The third-order valence-corrected chi connectivity index (χ3v) is 5.87. The number of carbonyl (C=O) groups excluding carboxylic acids is 1. The molecular formula is C20H30N2O5. The van der Waals surface area contributed by atoms with Crippen LogP contribution in [-0.4, -0.2) is 93.3 Å². The number of rotatable bonds is 5. The van der Waals surface area contributed by atoms with Gasteiger partial charge in [-0.25, -0.2) is 0 Å². The summed E-state index contributed by atoms with van der Waals surface area (Å²) in [5.74, 6) is 0.467. The van der Waals surface area contributed by atoms with Gasteiger partial charge < -0.3 is 25.3 Å². The Kier molecular flexibility index (Phi) is 6.83. The van der Waals surface area contributed by atoms with Gasteiger partial charge in [0.2, 0.25) is 5.91 Å². The third kappa shape index (κ3) is 4.86. The Labute approximate surface area is 159 Å². The molecule has 27 heavy (non-hydrogen) atoms. The molecule has 2 fully saturated rings. The molecule has 4 N–H and O–H groups in total. The summed E-state index contributed by atoms with van der Waals surface area (Å²) in [6.07, 6.45) is -1.29. The van der Waals surface area contributed by atoms with Gasteiger partial charge in [0.1, 0.15) is 12.2 Å². The summed E-state index contributed by atoms with van der Waals surface area (Å²) < 4.78 is 0. The topological polar surface area (TPSA) is 104 Å². The highest BCUT2D eigenvalue weighted by molar-refractivity contribution is 5.78. The lowest BCUT2D eigenvalue weighted by molar-refractivity contribution is -0.148. The van der Waals surface area contributed by atoms with Crippen LogP contribution >= 0.6 is 0 Å². The van der Waals surface area contributed by atoms with Crippen molar-refractivity contribution in [1.29, 1.82) is 0 Å². The van der Waals surface area contributed by atoms with Crippen molar-refractivity contribution in [3.05, 3.63) is 35.9 Å². The zero-order chi connectivity index (χ0) is 19.4. The molecule has 1 aromatic carbocycles. The van der Waals surface area contributed by atoms with Gasteiger partial charge in [0.25, 0.3) is 0 Å². The van der Waals surface area contributed by atoms with Gasteiger partial charge in [0.05, 0.1) is 25.2 Å². The van der Waals surface area contributed by atoms with E-state index < -0.39 is 24.4 Å². The highest BCUT2D eigenvalue weighted by Crippen LogP contribution is 2.24. The molecule has 150 valence electrons. The summed E-state index contributed by atoms with van der Waals surface area (Å²) in [5, 5.41) is 39.4. The van der Waals surface area contributed by atoms with Crippen molar-refractivity contribution < 1.29 is 25.2 Å². The van der Waals surface area contributed by atoms with Crippen molar-refractivity contribution in [3.63, 3.8) is 0 Å². The monoisotopic (exact) mass is 378 g/mol. The number of likely N-dealkylation sites (tertiary alicyclic amines) is 2. The molecule has 2 saturated heterocycles. The number of aliphatic hydroxyl groups excluding tert-OH is 4. The van der Waals surface area contributed by atoms with E-state index >= 15 is 0 Å². The number of benzene rings is 1. The first kappa shape index (κ1) is 20.2. The molecule has 0 aliphatic carbocycles. The van der Waals surface area contributed by atoms with Crippen LogP contribution in [0.15, 0.2) is 30.3 Å². The Morgan fingerprint density at radius 2 is 1.70 bits per heavy atom. The van der Waals surface area contributed by atoms with Gasteiger partial charge in [0, 0.05) is 26.2 Å². The van der Waals surface area contributed by atoms with Crippen molar-refractivity contribution >= 4 is 5.91 Å². The maximum absolute atomic E-state index is 12.5. The highest BCUT2D eigenvalue weighted by atomic mass is 16.4. The molecule has 1 aromatic rings. The Hall–Kier alpha value is -1.51. The predicted octanol–water partition coefficient (Wildman–Crippen LogP) is -0.773. The van der Waals surface area contributed by atoms with Crippen LogP contribution < -0.4 is 0 Å². The minimum atomic E-state index is -1.23. The van der Waals surface area contributed by atoms with Gasteiger partial charge in [-0.2, -0.15) is 0 Å². The van der Waals surface area contributed by atoms with Crippen LogP contribution in [0.5, 0.6) is 0 Å². The van der Waals surface area contributed by atoms with Crippen LogP contribution in [0.3, 0.4) is 0 Å². The predicted molar refractivity (Wildman–Crippen MR) is 99.9 cm³/mol. The minimum absolute atomic E-state index is 0.139. The Balaban J connectivity index is 1.49. The SMILES string of the molecule is O=C(Cc1ccccc1)N1CCC(CN2C[C@H](O)[C@@H](O)[C@H](O)[C@H]2CO)CC1. The normalized spacial score (nSPS) is 30.4. The fourth-order valence-corrected chi connectivity index (χ4v) is 4.17. The van der Waals surface area contributed by atoms with E-state index in [1.165, 1.54) is 0 Å². The molecule has 0 radical (unpaired) electrons. The summed E-state index contributed by atoms with van der Waals surface area (Å²) in [7, 11) is 0. The average molecular weight is 378 g/mol. The molecule has 2 aliphatic rings. The molecule has 7 nitrogen and oxygen atoms in total. The number of piperidine rings is 2. The van der Waals surface area contributed by atoms with Gasteiger partial charge in [-0.3, -0.25) is 9.69 Å². The summed E-state index contributed by atoms with van der Waals surface area (Å²) >= 11 is 0. The second-order valence-electron chi connectivity index (χ2n) is 7.74. The number of hydrogen-bond donors (Lipinski definition) is 4. The van der Waals surface area contributed by atoms with Gasteiger partial charge in [0.15, 0.2) is 0 Å². The molecule has 0 unspecified atom stereocenters. The van der Waals surface area contributed by atoms with Crippen molar-refractivity contribution in [2.24, 2.45) is 5.92 Å². The number of carbonyl (C=O) groups is 1. The van der Waals surface area contributed by atoms with E-state index in [1.54, 1.807) is 0 Å². The largest absolute Gasteiger partial charge is 0.395 e. The molecule has 4 atom stereocenters. The molecule has 2 aliphatic heterocycles. The zero-order valence-corrected chi connectivity index (χ0v) is 15.5. The summed E-state index contributed by atoms with van der Waals surface area (Å²) in [4.78, 5) is 16.2. The highest BCUT2D eigenvalue weighted by Gasteiger charge is 2.41. The lowest BCUT2D eigenvalue weighted by Crippen LogP contribution is -2.63. The number of hydrogen-bond acceptors (Lipinski definition) is 6. The lowest BCUT2D eigenvalue weighted by Gasteiger charge is -2.45. The van der Waals surface area contributed by atoms with Gasteiger partial charge in [-0.05, 0) is 24.3 Å². The third-order valence-electron chi connectivity index (χ3n) is 5.87. The molecule has 7 heteroatoms. The molecule has 0 saturated carbocycles. The van der Waals surface area contributed by atoms with E-state index in [0.29, 0.717) is 32.0 Å². The second kappa shape index (κ2) is 9.12. The second-order valence-corrected chi connectivity index (χ2v) is 7.74. The number of β-amino-alcohol motifs (C(OH)–C–C–N with tert-alkyl or cyclic N) is 1. The first-order valence-corrected chi connectivity index (χ1v) is 9.70. The summed E-state index contributed by atoms with van der Waals surface area (Å²) in [6, 6.07) is 9.16. The van der Waals surface area contributed by atoms with Crippen molar-refractivity contribution in [2.75, 3.05) is 32.8 Å². The molecule has 0 bridgehead atoms. The number of amides is 1. The standard InChI is InChI=1S/C20H30N2O5/c23-13-16-19(26)20(27)17(24)12-22(16)11-15-6-8-21(9-7-15)18(25)10-14-4-2-1-3-5-14/h1-5,15-17,19-20,23-24,26-27H,6-13H2/t16-,17+,19-,20-/m1/s1. The Bertz CT molecular complexity index is 606. The van der Waals surface area contributed by atoms with E-state index in [9.17, 15) is 25.2 Å². The molecule has 0 spiro atoms. The first-order chi connectivity index (χ1) is 13.0. The van der Waals surface area contributed by atoms with Crippen LogP contribution in [0.2, 0.25) is 0 Å². The average Bonchev–Trinajstić information content (AvgIpc) is 2.68. The van der Waals surface area contributed by atoms with Crippen molar-refractivity contribution in [3.8, 4) is 0 Å². The quantitative estimate of drug-likeness (QED) is 0.536. The zero-order valence-electron chi connectivity index (χ0n) is 15.5. The van der Waals surface area contributed by atoms with Crippen molar-refractivity contribution in [2.45, 2.75) is 43.6 Å². The van der Waals surface area contributed by atoms with Crippen LogP contribution in [0, 0.1) is 5.92 Å². The van der Waals surface area contributed by atoms with Gasteiger partial charge >= 0.3 is 0 Å². The van der Waals surface area contributed by atoms with Gasteiger partial charge in [-0.15, -0.1) is 0 Å². The van der Waals surface area contributed by atoms with Crippen molar-refractivity contribution in [1.82, 2.24) is 9.80 Å². The first-order valence-electron chi connectivity index (χ1n) is 9.70. The molecule has 3 rings (SSSR count). The minimum Gasteiger partial charge on any atom is -0.395 e. The van der Waals surface area contributed by atoms with Crippen LogP contribution in [-0.2, 0) is 11.2 Å². The molecule has 0 aromatic heterocycles. The maximum Gasteiger partial charge on any atom is 0.226 e. The Morgan fingerprint density at radius 1 is 1.04 bits per heavy atom. The Morgan fingerprint density at radius 3 is 2.33 bits per heavy atom. The van der Waals surface area contributed by atoms with E-state index in [0.717, 1.165) is 18.4 Å². The van der Waals surface area contributed by atoms with Gasteiger partial charge in [-0.1, -0.05) is 30.3 Å². The molecule has 2 heterocycles. The fourth-order valence-electron chi connectivity index (χ4n) is 4.17. The van der Waals surface area contributed by atoms with Crippen LogP contribution in [0.1, 0.15) is 18.4 Å². The molecular weight excluding hydrogens is 348 g/mol. The fraction of sp³-hybridized carbons (Fsp3) is 0.650. The maximum atomic E-state index is 12.5. The number of aliphatic hydroxyl groups is 4. The lowest BCUT2D eigenvalue weighted by atomic mass is 9.90. The summed E-state index contributed by atoms with van der Waals surface area (Å²) in [6.45, 7) is 1.99. The van der Waals surface area contributed by atoms with E-state index in [1.807, 2.05) is 40.1 Å². The molecule has 1 amide bonds. The van der Waals surface area contributed by atoms with Crippen LogP contribution in [0.25, 0.3) is 0 Å². The number of nitrogens with zero attached hydrogens (tertiary/aromatic N) is 2. The van der Waals surface area contributed by atoms with E-state index in [4.69, 9.17) is 0 Å². The summed E-state index contributed by atoms with van der Waals surface area (Å²) in [5.41, 5.74) is 1.02. The van der Waals surface area contributed by atoms with Crippen LogP contribution in [0.4, 0.5) is 0 Å². The van der Waals surface area contributed by atoms with E-state index in [-0.39, 0.29) is 19.1 Å². The van der Waals surface area contributed by atoms with E-state index in [2.05, 4.69) is 0 Å². The smallest absolute Gasteiger partial charge is 0.226 e.